The standard InChI is InChI=1S/C17H20N4O6S/c1-2-26-17(23)21-10-8-20(9-11-21)14(22)12-28(24,25)16-19-18-15(27-16)13-6-4-3-5-7-13/h3-7H,2,8-12H2,1H3. The van der Waals surface area contributed by atoms with E-state index in [0.717, 1.165) is 0 Å². The highest BCUT2D eigenvalue weighted by molar-refractivity contribution is 7.91. The average Bonchev–Trinajstić information content (AvgIpc) is 3.20. The molecule has 0 unspecified atom stereocenters. The molecule has 0 N–H and O–H groups in total. The van der Waals surface area contributed by atoms with Crippen molar-refractivity contribution in [2.75, 3.05) is 38.5 Å². The van der Waals surface area contributed by atoms with Gasteiger partial charge in [0, 0.05) is 31.7 Å². The van der Waals surface area contributed by atoms with E-state index in [1.807, 2.05) is 0 Å². The summed E-state index contributed by atoms with van der Waals surface area (Å²) in [5, 5.41) is 6.72. The number of hydrogen-bond donors (Lipinski definition) is 0. The summed E-state index contributed by atoms with van der Waals surface area (Å²) in [6.45, 7) is 3.00. The lowest BCUT2D eigenvalue weighted by Gasteiger charge is -2.33. The molecule has 10 nitrogen and oxygen atoms in total. The maximum Gasteiger partial charge on any atom is 0.409 e. The topological polar surface area (TPSA) is 123 Å². The number of nitrogens with zero attached hydrogens (tertiary/aromatic N) is 4. The Bertz CT molecular complexity index is 936. The minimum atomic E-state index is -4.07. The first-order chi connectivity index (χ1) is 13.4. The highest BCUT2D eigenvalue weighted by Gasteiger charge is 2.31. The van der Waals surface area contributed by atoms with Crippen molar-refractivity contribution < 1.29 is 27.2 Å². The monoisotopic (exact) mass is 408 g/mol. The van der Waals surface area contributed by atoms with Crippen LogP contribution in [0.3, 0.4) is 0 Å². The Labute approximate surface area is 162 Å². The fourth-order valence-electron chi connectivity index (χ4n) is 2.70. The molecule has 0 atom stereocenters. The summed E-state index contributed by atoms with van der Waals surface area (Å²) in [5.41, 5.74) is 0.581. The first kappa shape index (κ1) is 19.8. The van der Waals surface area contributed by atoms with E-state index < -0.39 is 32.8 Å². The molecule has 1 saturated heterocycles. The molecule has 3 rings (SSSR count). The van der Waals surface area contributed by atoms with Crippen LogP contribution in [-0.4, -0.2) is 79.0 Å². The second-order valence-corrected chi connectivity index (χ2v) is 7.93. The normalized spacial score (nSPS) is 14.8. The predicted octanol–water partition coefficient (Wildman–Crippen LogP) is 0.811. The van der Waals surface area contributed by atoms with Gasteiger partial charge in [-0.25, -0.2) is 13.2 Å². The van der Waals surface area contributed by atoms with Gasteiger partial charge in [-0.1, -0.05) is 23.3 Å². The lowest BCUT2D eigenvalue weighted by molar-refractivity contribution is -0.130. The smallest absolute Gasteiger partial charge is 0.409 e. The highest BCUT2D eigenvalue weighted by Crippen LogP contribution is 2.20. The van der Waals surface area contributed by atoms with Gasteiger partial charge in [-0.05, 0) is 19.1 Å². The number of sulfone groups is 1. The molecule has 1 aliphatic rings. The van der Waals surface area contributed by atoms with Gasteiger partial charge in [-0.2, -0.15) is 0 Å². The molecule has 1 fully saturated rings. The van der Waals surface area contributed by atoms with E-state index in [1.54, 1.807) is 37.3 Å². The van der Waals surface area contributed by atoms with Crippen molar-refractivity contribution in [2.45, 2.75) is 12.1 Å². The van der Waals surface area contributed by atoms with Crippen molar-refractivity contribution in [3.63, 3.8) is 0 Å². The molecule has 2 heterocycles. The van der Waals surface area contributed by atoms with Crippen molar-refractivity contribution in [3.8, 4) is 11.5 Å². The van der Waals surface area contributed by atoms with Gasteiger partial charge >= 0.3 is 11.3 Å². The summed E-state index contributed by atoms with van der Waals surface area (Å²) >= 11 is 0. The molecule has 1 aromatic carbocycles. The number of amides is 2. The Morgan fingerprint density at radius 2 is 1.71 bits per heavy atom. The highest BCUT2D eigenvalue weighted by atomic mass is 32.2. The van der Waals surface area contributed by atoms with Gasteiger partial charge in [0.15, 0.2) is 0 Å². The van der Waals surface area contributed by atoms with Crippen LogP contribution >= 0.6 is 0 Å². The van der Waals surface area contributed by atoms with Gasteiger partial charge < -0.3 is 19.0 Å². The predicted molar refractivity (Wildman–Crippen MR) is 97.0 cm³/mol. The van der Waals surface area contributed by atoms with Crippen molar-refractivity contribution in [3.05, 3.63) is 30.3 Å². The summed E-state index contributed by atoms with van der Waals surface area (Å²) in [6, 6.07) is 8.73. The van der Waals surface area contributed by atoms with Crippen molar-refractivity contribution in [1.82, 2.24) is 20.0 Å². The van der Waals surface area contributed by atoms with Crippen molar-refractivity contribution in [1.29, 1.82) is 0 Å². The Morgan fingerprint density at radius 1 is 1.07 bits per heavy atom. The fraction of sp³-hybridized carbons (Fsp3) is 0.412. The second-order valence-electron chi connectivity index (χ2n) is 6.06. The number of aromatic nitrogens is 2. The minimum Gasteiger partial charge on any atom is -0.450 e. The maximum atomic E-state index is 12.5. The van der Waals surface area contributed by atoms with Crippen LogP contribution in [0, 0.1) is 0 Å². The number of carbonyl (C=O) groups is 2. The van der Waals surface area contributed by atoms with Gasteiger partial charge in [-0.15, -0.1) is 5.10 Å². The van der Waals surface area contributed by atoms with Crippen LogP contribution < -0.4 is 0 Å². The summed E-state index contributed by atoms with van der Waals surface area (Å²) in [6.07, 6.45) is -0.443. The summed E-state index contributed by atoms with van der Waals surface area (Å²) in [7, 11) is -4.07. The van der Waals surface area contributed by atoms with Crippen LogP contribution in [-0.2, 0) is 19.4 Å². The molecule has 0 bridgehead atoms. The van der Waals surface area contributed by atoms with Crippen molar-refractivity contribution >= 4 is 21.8 Å². The van der Waals surface area contributed by atoms with Crippen LogP contribution in [0.5, 0.6) is 0 Å². The van der Waals surface area contributed by atoms with Crippen molar-refractivity contribution in [2.24, 2.45) is 0 Å². The van der Waals surface area contributed by atoms with Crippen LogP contribution in [0.15, 0.2) is 40.0 Å². The Balaban J connectivity index is 1.61. The summed E-state index contributed by atoms with van der Waals surface area (Å²) in [5.74, 6) is -1.29. The van der Waals surface area contributed by atoms with E-state index in [4.69, 9.17) is 9.15 Å². The lowest BCUT2D eigenvalue weighted by Crippen LogP contribution is -2.51. The van der Waals surface area contributed by atoms with Crippen LogP contribution in [0.2, 0.25) is 0 Å². The second kappa shape index (κ2) is 8.38. The van der Waals surface area contributed by atoms with Gasteiger partial charge in [-0.3, -0.25) is 4.79 Å². The van der Waals surface area contributed by atoms with Gasteiger partial charge in [0.05, 0.1) is 6.61 Å². The van der Waals surface area contributed by atoms with E-state index in [1.165, 1.54) is 9.80 Å². The number of rotatable bonds is 5. The molecule has 2 aromatic rings. The molecule has 0 radical (unpaired) electrons. The number of carbonyl (C=O) groups excluding carboxylic acids is 2. The zero-order valence-electron chi connectivity index (χ0n) is 15.3. The Hall–Kier alpha value is -2.95. The van der Waals surface area contributed by atoms with E-state index in [2.05, 4.69) is 10.2 Å². The van der Waals surface area contributed by atoms with Gasteiger partial charge in [0.25, 0.3) is 0 Å². The van der Waals surface area contributed by atoms with Crippen LogP contribution in [0.1, 0.15) is 6.92 Å². The SMILES string of the molecule is CCOC(=O)N1CCN(C(=O)CS(=O)(=O)c2nnc(-c3ccccc3)o2)CC1. The molecule has 0 aliphatic carbocycles. The molecule has 0 saturated carbocycles. The third-order valence-electron chi connectivity index (χ3n) is 4.17. The van der Waals surface area contributed by atoms with E-state index in [0.29, 0.717) is 5.56 Å². The van der Waals surface area contributed by atoms with E-state index in [9.17, 15) is 18.0 Å². The van der Waals surface area contributed by atoms with E-state index >= 15 is 0 Å². The molecular weight excluding hydrogens is 388 g/mol. The first-order valence-electron chi connectivity index (χ1n) is 8.72. The fourth-order valence-corrected chi connectivity index (χ4v) is 3.70. The molecule has 150 valence electrons. The molecule has 1 aromatic heterocycles. The summed E-state index contributed by atoms with van der Waals surface area (Å²) in [4.78, 5) is 26.9. The molecule has 0 spiro atoms. The van der Waals surface area contributed by atoms with Crippen LogP contribution in [0.25, 0.3) is 11.5 Å². The molecule has 11 heteroatoms. The van der Waals surface area contributed by atoms with Crippen LogP contribution in [0.4, 0.5) is 4.79 Å². The molecule has 28 heavy (non-hydrogen) atoms. The number of piperazine rings is 1. The van der Waals surface area contributed by atoms with Gasteiger partial charge in [0.1, 0.15) is 5.75 Å². The zero-order valence-corrected chi connectivity index (χ0v) is 16.1. The van der Waals surface area contributed by atoms with E-state index in [-0.39, 0.29) is 38.7 Å². The zero-order chi connectivity index (χ0) is 20.1. The Morgan fingerprint density at radius 3 is 2.36 bits per heavy atom. The third kappa shape index (κ3) is 4.47. The molecule has 2 amide bonds. The number of hydrogen-bond acceptors (Lipinski definition) is 8. The minimum absolute atomic E-state index is 0.0645. The first-order valence-corrected chi connectivity index (χ1v) is 10.4. The summed E-state index contributed by atoms with van der Waals surface area (Å²) < 4.78 is 35.1. The van der Waals surface area contributed by atoms with Gasteiger partial charge in [0.2, 0.25) is 21.6 Å². The number of ether oxygens (including phenoxy) is 1. The average molecular weight is 408 g/mol. The Kier molecular flexibility index (Phi) is 5.93. The number of benzene rings is 1. The maximum absolute atomic E-state index is 12.5. The molecule has 1 aliphatic heterocycles. The lowest BCUT2D eigenvalue weighted by atomic mass is 10.2. The largest absolute Gasteiger partial charge is 0.450 e. The quantitative estimate of drug-likeness (QED) is 0.712. The third-order valence-corrected chi connectivity index (χ3v) is 5.49. The molecular formula is C17H20N4O6S.